The summed E-state index contributed by atoms with van der Waals surface area (Å²) >= 11 is 0. The molecular formula is C35H35N2+. The molecule has 2 nitrogen and oxygen atoms in total. The lowest BCUT2D eigenvalue weighted by Gasteiger charge is -2.15. The predicted molar refractivity (Wildman–Crippen MR) is 158 cm³/mol. The number of nitrogens with zero attached hydrogens (tertiary/aromatic N) is 2. The van der Waals surface area contributed by atoms with Crippen LogP contribution in [0.2, 0.25) is 0 Å². The smallest absolute Gasteiger partial charge is 0.213 e. The highest BCUT2D eigenvalue weighted by atomic mass is 15.0. The number of hydrogen-bond acceptors (Lipinski definition) is 0. The number of pyridine rings is 1. The SMILES string of the molecule is Cc1cc(C)c(C)c(-c2cc(CC(C)C)c3cc(-n4c5ccccc5c5ccccc54)ccc3[n+]2C)c1. The van der Waals surface area contributed by atoms with Crippen LogP contribution in [0.3, 0.4) is 0 Å². The minimum atomic E-state index is 0.570. The highest BCUT2D eigenvalue weighted by molar-refractivity contribution is 6.09. The molecule has 184 valence electrons. The summed E-state index contributed by atoms with van der Waals surface area (Å²) in [5.74, 6) is 0.570. The summed E-state index contributed by atoms with van der Waals surface area (Å²) in [6.45, 7) is 11.3. The zero-order valence-electron chi connectivity index (χ0n) is 22.8. The van der Waals surface area contributed by atoms with Crippen LogP contribution in [-0.2, 0) is 13.5 Å². The van der Waals surface area contributed by atoms with Gasteiger partial charge in [-0.2, -0.15) is 4.57 Å². The minimum absolute atomic E-state index is 0.570. The average Bonchev–Trinajstić information content (AvgIpc) is 3.22. The first kappa shape index (κ1) is 23.5. The van der Waals surface area contributed by atoms with E-state index in [1.54, 1.807) is 0 Å². The van der Waals surface area contributed by atoms with Gasteiger partial charge in [-0.15, -0.1) is 0 Å². The standard InChI is InChI=1S/C35H35N2/c1-22(2)17-26-20-35(30-19-23(3)18-24(4)25(30)5)36(6)32-16-15-27(21-31(26)32)37-33-13-9-7-11-28(33)29-12-8-10-14-34(29)37/h7-16,18-22H,17H2,1-6H3/q+1. The predicted octanol–water partition coefficient (Wildman–Crippen LogP) is 8.55. The molecule has 2 heteroatoms. The lowest BCUT2D eigenvalue weighted by molar-refractivity contribution is -0.633. The second kappa shape index (κ2) is 8.88. The van der Waals surface area contributed by atoms with Gasteiger partial charge in [0.2, 0.25) is 11.2 Å². The normalized spacial score (nSPS) is 11.9. The summed E-state index contributed by atoms with van der Waals surface area (Å²) in [5, 5.41) is 3.93. The number of rotatable bonds is 4. The van der Waals surface area contributed by atoms with E-state index in [4.69, 9.17) is 0 Å². The lowest BCUT2D eigenvalue weighted by Crippen LogP contribution is -2.33. The minimum Gasteiger partial charge on any atom is -0.309 e. The molecule has 0 radical (unpaired) electrons. The molecule has 0 spiro atoms. The zero-order chi connectivity index (χ0) is 25.8. The van der Waals surface area contributed by atoms with Crippen LogP contribution in [0, 0.1) is 26.7 Å². The van der Waals surface area contributed by atoms with Gasteiger partial charge >= 0.3 is 0 Å². The van der Waals surface area contributed by atoms with Crippen LogP contribution in [0.25, 0.3) is 49.7 Å². The van der Waals surface area contributed by atoms with Crippen LogP contribution >= 0.6 is 0 Å². The van der Waals surface area contributed by atoms with Crippen molar-refractivity contribution in [3.8, 4) is 16.9 Å². The number of benzene rings is 4. The molecule has 0 unspecified atom stereocenters. The van der Waals surface area contributed by atoms with E-state index in [9.17, 15) is 0 Å². The highest BCUT2D eigenvalue weighted by Crippen LogP contribution is 2.34. The molecule has 0 saturated carbocycles. The molecule has 0 aliphatic carbocycles. The highest BCUT2D eigenvalue weighted by Gasteiger charge is 2.22. The van der Waals surface area contributed by atoms with Gasteiger partial charge in [0.05, 0.1) is 16.4 Å². The fourth-order valence-corrected chi connectivity index (χ4v) is 6.06. The van der Waals surface area contributed by atoms with E-state index < -0.39 is 0 Å². The Morgan fingerprint density at radius 1 is 0.730 bits per heavy atom. The molecule has 37 heavy (non-hydrogen) atoms. The van der Waals surface area contributed by atoms with Crippen molar-refractivity contribution in [2.75, 3.05) is 0 Å². The maximum absolute atomic E-state index is 2.44. The molecule has 2 heterocycles. The van der Waals surface area contributed by atoms with Gasteiger partial charge in [0.1, 0.15) is 7.05 Å². The van der Waals surface area contributed by atoms with Crippen molar-refractivity contribution in [3.63, 3.8) is 0 Å². The number of aryl methyl sites for hydroxylation is 3. The first-order chi connectivity index (χ1) is 17.8. The van der Waals surface area contributed by atoms with Gasteiger partial charge in [0.15, 0.2) is 0 Å². The third-order valence-electron chi connectivity index (χ3n) is 7.91. The van der Waals surface area contributed by atoms with E-state index >= 15 is 0 Å². The van der Waals surface area contributed by atoms with Crippen molar-refractivity contribution < 1.29 is 4.57 Å². The van der Waals surface area contributed by atoms with Gasteiger partial charge in [-0.3, -0.25) is 0 Å². The first-order valence-electron chi connectivity index (χ1n) is 13.4. The largest absolute Gasteiger partial charge is 0.309 e. The fraction of sp³-hybridized carbons (Fsp3) is 0.229. The Hall–Kier alpha value is -3.91. The Balaban J connectivity index is 1.65. The Bertz CT molecular complexity index is 1760. The van der Waals surface area contributed by atoms with Gasteiger partial charge < -0.3 is 4.57 Å². The van der Waals surface area contributed by atoms with Crippen molar-refractivity contribution in [1.82, 2.24) is 4.57 Å². The van der Waals surface area contributed by atoms with Gasteiger partial charge in [-0.05, 0) is 80.1 Å². The number of aromatic nitrogens is 2. The molecule has 0 atom stereocenters. The summed E-state index contributed by atoms with van der Waals surface area (Å²) in [6, 6.07) is 31.6. The second-order valence-corrected chi connectivity index (χ2v) is 11.0. The third kappa shape index (κ3) is 3.83. The summed E-state index contributed by atoms with van der Waals surface area (Å²) in [4.78, 5) is 0. The summed E-state index contributed by atoms with van der Waals surface area (Å²) in [5.41, 5.74) is 13.0. The number of para-hydroxylation sites is 2. The Labute approximate surface area is 219 Å². The van der Waals surface area contributed by atoms with E-state index in [2.05, 4.69) is 136 Å². The van der Waals surface area contributed by atoms with Crippen LogP contribution in [0.4, 0.5) is 0 Å². The Kier molecular flexibility index (Phi) is 5.64. The fourth-order valence-electron chi connectivity index (χ4n) is 6.06. The van der Waals surface area contributed by atoms with E-state index in [1.165, 1.54) is 71.9 Å². The Morgan fingerprint density at radius 2 is 1.38 bits per heavy atom. The van der Waals surface area contributed by atoms with Crippen LogP contribution in [-0.4, -0.2) is 4.57 Å². The maximum atomic E-state index is 2.44. The maximum Gasteiger partial charge on any atom is 0.213 e. The van der Waals surface area contributed by atoms with Gasteiger partial charge in [-0.25, -0.2) is 0 Å². The summed E-state index contributed by atoms with van der Waals surface area (Å²) < 4.78 is 4.81. The number of hydrogen-bond donors (Lipinski definition) is 0. The summed E-state index contributed by atoms with van der Waals surface area (Å²) in [7, 11) is 2.22. The molecule has 0 saturated heterocycles. The molecule has 0 aliphatic heterocycles. The molecule has 0 bridgehead atoms. The molecule has 4 aromatic carbocycles. The van der Waals surface area contributed by atoms with Crippen molar-refractivity contribution in [1.29, 1.82) is 0 Å². The van der Waals surface area contributed by atoms with E-state index in [-0.39, 0.29) is 0 Å². The molecule has 0 amide bonds. The molecular weight excluding hydrogens is 448 g/mol. The van der Waals surface area contributed by atoms with Crippen molar-refractivity contribution in [3.05, 3.63) is 107 Å². The molecule has 6 aromatic rings. The van der Waals surface area contributed by atoms with Crippen molar-refractivity contribution >= 4 is 32.7 Å². The number of fused-ring (bicyclic) bond motifs is 4. The second-order valence-electron chi connectivity index (χ2n) is 11.0. The molecule has 6 rings (SSSR count). The third-order valence-corrected chi connectivity index (χ3v) is 7.91. The molecule has 0 fully saturated rings. The monoisotopic (exact) mass is 483 g/mol. The summed E-state index contributed by atoms with van der Waals surface area (Å²) in [6.07, 6.45) is 1.05. The van der Waals surface area contributed by atoms with E-state index in [1.807, 2.05) is 0 Å². The lowest BCUT2D eigenvalue weighted by atomic mass is 9.93. The van der Waals surface area contributed by atoms with Crippen molar-refractivity contribution in [2.24, 2.45) is 13.0 Å². The molecule has 2 aromatic heterocycles. The van der Waals surface area contributed by atoms with Crippen LogP contribution in [0.1, 0.15) is 36.1 Å². The van der Waals surface area contributed by atoms with Crippen molar-refractivity contribution in [2.45, 2.75) is 41.0 Å². The van der Waals surface area contributed by atoms with Gasteiger partial charge in [0.25, 0.3) is 0 Å². The molecule has 0 N–H and O–H groups in total. The molecule has 0 aliphatic rings. The van der Waals surface area contributed by atoms with Crippen LogP contribution in [0.5, 0.6) is 0 Å². The van der Waals surface area contributed by atoms with E-state index in [0.717, 1.165) is 6.42 Å². The zero-order valence-corrected chi connectivity index (χ0v) is 22.8. The first-order valence-corrected chi connectivity index (χ1v) is 13.4. The van der Waals surface area contributed by atoms with Gasteiger partial charge in [-0.1, -0.05) is 61.9 Å². The average molecular weight is 484 g/mol. The Morgan fingerprint density at radius 3 is 2.03 bits per heavy atom. The van der Waals surface area contributed by atoms with Crippen LogP contribution in [0.15, 0.2) is 84.9 Å². The topological polar surface area (TPSA) is 8.81 Å². The van der Waals surface area contributed by atoms with E-state index in [0.29, 0.717) is 5.92 Å². The quantitative estimate of drug-likeness (QED) is 0.222. The van der Waals surface area contributed by atoms with Crippen LogP contribution < -0.4 is 4.57 Å². The van der Waals surface area contributed by atoms with Gasteiger partial charge in [0, 0.05) is 34.2 Å².